The Morgan fingerprint density at radius 3 is 1.64 bits per heavy atom. The second kappa shape index (κ2) is 17.1. The van der Waals surface area contributed by atoms with Crippen LogP contribution < -0.4 is 46.4 Å². The average molecular weight is 990 g/mol. The van der Waals surface area contributed by atoms with Gasteiger partial charge in [-0.1, -0.05) is 224 Å². The van der Waals surface area contributed by atoms with Gasteiger partial charge < -0.3 is 4.90 Å². The molecular weight excluding hydrogens is 943 g/mol. The summed E-state index contributed by atoms with van der Waals surface area (Å²) >= 11 is 0. The van der Waals surface area contributed by atoms with Crippen molar-refractivity contribution in [1.29, 1.82) is 0 Å². The zero-order valence-electron chi connectivity index (χ0n) is 40.9. The van der Waals surface area contributed by atoms with Crippen molar-refractivity contribution < 1.29 is 0 Å². The Balaban J connectivity index is 1.04. The molecule has 0 unspecified atom stereocenters. The maximum absolute atomic E-state index is 5.78. The molecule has 10 aromatic carbocycles. The molecule has 0 saturated heterocycles. The number of hydrogen-bond acceptors (Lipinski definition) is 3. The summed E-state index contributed by atoms with van der Waals surface area (Å²) in [6, 6.07) is 99.3. The lowest BCUT2D eigenvalue weighted by atomic mass is 10.1. The van der Waals surface area contributed by atoms with Gasteiger partial charge in [0.1, 0.15) is 11.3 Å². The van der Waals surface area contributed by atoms with Gasteiger partial charge in [0.25, 0.3) is 0 Å². The van der Waals surface area contributed by atoms with Crippen LogP contribution in [0.4, 0.5) is 17.1 Å². The van der Waals surface area contributed by atoms with Crippen LogP contribution in [0, 0.1) is 0 Å². The highest BCUT2D eigenvalue weighted by molar-refractivity contribution is 7.21. The van der Waals surface area contributed by atoms with E-state index in [0.717, 1.165) is 49.9 Å². The van der Waals surface area contributed by atoms with Crippen molar-refractivity contribution in [3.63, 3.8) is 0 Å². The summed E-state index contributed by atoms with van der Waals surface area (Å²) < 4.78 is 4.68. The first-order valence-corrected chi connectivity index (χ1v) is 29.7. The van der Waals surface area contributed by atoms with Crippen LogP contribution in [0.1, 0.15) is 0 Å². The smallest absolute Gasteiger partial charge is 0.186 e. The van der Waals surface area contributed by atoms with Crippen molar-refractivity contribution in [2.24, 2.45) is 0 Å². The number of rotatable bonds is 8. The number of para-hydroxylation sites is 4. The zero-order chi connectivity index (χ0) is 49.5. The number of anilines is 3. The Morgan fingerprint density at radius 2 is 0.933 bits per heavy atom. The van der Waals surface area contributed by atoms with Crippen molar-refractivity contribution in [3.05, 3.63) is 286 Å². The number of benzene rings is 10. The fourth-order valence-electron chi connectivity index (χ4n) is 13.0. The molecule has 352 valence electrons. The van der Waals surface area contributed by atoms with E-state index in [9.17, 15) is 0 Å². The summed E-state index contributed by atoms with van der Waals surface area (Å²) in [5, 5.41) is 16.3. The van der Waals surface area contributed by atoms with E-state index in [1.807, 2.05) is 6.20 Å². The summed E-state index contributed by atoms with van der Waals surface area (Å²) in [5.74, 6) is 0. The molecule has 0 bridgehead atoms. The molecule has 1 aliphatic rings. The number of pyridine rings is 2. The fourth-order valence-corrected chi connectivity index (χ4v) is 22.8. The first kappa shape index (κ1) is 43.2. The summed E-state index contributed by atoms with van der Waals surface area (Å²) in [7, 11) is -6.15. The molecular formula is C68H47N5Si2. The second-order valence-electron chi connectivity index (χ2n) is 19.7. The molecule has 14 aromatic rings. The number of aromatic nitrogens is 4. The van der Waals surface area contributed by atoms with Crippen LogP contribution in [0.3, 0.4) is 0 Å². The van der Waals surface area contributed by atoms with Crippen LogP contribution in [0.5, 0.6) is 0 Å². The molecule has 0 atom stereocenters. The molecule has 0 spiro atoms. The van der Waals surface area contributed by atoms with Crippen LogP contribution in [-0.2, 0) is 0 Å². The highest BCUT2D eigenvalue weighted by Crippen LogP contribution is 2.45. The van der Waals surface area contributed by atoms with Gasteiger partial charge >= 0.3 is 0 Å². The summed E-state index contributed by atoms with van der Waals surface area (Å²) in [6.45, 7) is 0. The Hall–Kier alpha value is -9.41. The highest BCUT2D eigenvalue weighted by atomic mass is 28.3. The number of nitrogens with zero attached hydrogens (tertiary/aromatic N) is 5. The van der Waals surface area contributed by atoms with E-state index in [2.05, 4.69) is 293 Å². The molecule has 0 N–H and O–H groups in total. The SMILES string of the molecule is c1ccc(N2c3ccccc3[Si](c3ccccc3)(c3ccccc3)c3cnc4c(c32)c2ccccc2n4-c2cccc([Si](c3ccccc3)(c3ccccc3)c3ccc4c5ccccc5n5ccnc5c4c3)c2)cc1. The minimum absolute atomic E-state index is 0.919. The zero-order valence-corrected chi connectivity index (χ0v) is 42.9. The Kier molecular flexibility index (Phi) is 9.85. The summed E-state index contributed by atoms with van der Waals surface area (Å²) in [5.41, 5.74) is 8.69. The fraction of sp³-hybridized carbons (Fsp3) is 0. The molecule has 5 heterocycles. The Bertz CT molecular complexity index is 4400. The molecule has 5 nitrogen and oxygen atoms in total. The largest absolute Gasteiger partial charge is 0.310 e. The van der Waals surface area contributed by atoms with Gasteiger partial charge in [0.05, 0.1) is 22.1 Å². The highest BCUT2D eigenvalue weighted by Gasteiger charge is 2.50. The van der Waals surface area contributed by atoms with Crippen molar-refractivity contribution in [2.45, 2.75) is 0 Å². The van der Waals surface area contributed by atoms with Crippen molar-refractivity contribution >= 4 is 124 Å². The lowest BCUT2D eigenvalue weighted by Gasteiger charge is -2.45. The van der Waals surface area contributed by atoms with Gasteiger partial charge in [-0.3, -0.25) is 8.97 Å². The van der Waals surface area contributed by atoms with E-state index in [4.69, 9.17) is 9.97 Å². The molecule has 15 rings (SSSR count). The predicted molar refractivity (Wildman–Crippen MR) is 318 cm³/mol. The van der Waals surface area contributed by atoms with E-state index in [1.165, 1.54) is 63.6 Å². The minimum Gasteiger partial charge on any atom is -0.310 e. The molecule has 1 aliphatic heterocycles. The van der Waals surface area contributed by atoms with Gasteiger partial charge in [0.2, 0.25) is 0 Å². The standard InChI is InChI=1S/C68H47N5Si2/c1-6-23-48(24-7-1)72-62-39-20-21-40-63(62)75(52-30-12-4-13-31-52,53-32-14-5-15-33-53)64-47-70-68-65(66(64)72)58-36-17-19-38-61(58)73(68)49-25-22-34-54(45-49)74(50-26-8-2-9-27-50,51-28-10-3-11-29-51)55-41-42-56-57-35-16-18-37-60(57)71-44-43-69-67(71)59(56)46-55/h1-47H. The maximum Gasteiger partial charge on any atom is 0.186 e. The van der Waals surface area contributed by atoms with E-state index in [1.54, 1.807) is 0 Å². The second-order valence-corrected chi connectivity index (χ2v) is 27.2. The lowest BCUT2D eigenvalue weighted by molar-refractivity contribution is 1.14. The first-order chi connectivity index (χ1) is 37.2. The van der Waals surface area contributed by atoms with Gasteiger partial charge in [-0.25, -0.2) is 9.97 Å². The summed E-state index contributed by atoms with van der Waals surface area (Å²) in [4.78, 5) is 13.3. The average Bonchev–Trinajstić information content (AvgIpc) is 4.27. The molecule has 7 heteroatoms. The molecule has 0 fully saturated rings. The van der Waals surface area contributed by atoms with Crippen molar-refractivity contribution in [3.8, 4) is 5.69 Å². The molecule has 75 heavy (non-hydrogen) atoms. The van der Waals surface area contributed by atoms with Crippen LogP contribution in [0.2, 0.25) is 0 Å². The number of hydrogen-bond donors (Lipinski definition) is 0. The Labute approximate surface area is 436 Å². The van der Waals surface area contributed by atoms with Gasteiger partial charge in [-0.2, -0.15) is 0 Å². The van der Waals surface area contributed by atoms with E-state index >= 15 is 0 Å². The molecule has 0 aliphatic carbocycles. The van der Waals surface area contributed by atoms with E-state index in [0.29, 0.717) is 0 Å². The Morgan fingerprint density at radius 1 is 0.373 bits per heavy atom. The van der Waals surface area contributed by atoms with Crippen LogP contribution in [0.15, 0.2) is 286 Å². The van der Waals surface area contributed by atoms with Gasteiger partial charge in [-0.05, 0) is 89.3 Å². The summed E-state index contributed by atoms with van der Waals surface area (Å²) in [6.07, 6.45) is 6.26. The monoisotopic (exact) mass is 989 g/mol. The van der Waals surface area contributed by atoms with Gasteiger partial charge in [-0.15, -0.1) is 0 Å². The number of fused-ring (bicyclic) bond motifs is 12. The third-order valence-electron chi connectivity index (χ3n) is 16.0. The van der Waals surface area contributed by atoms with Crippen LogP contribution in [0.25, 0.3) is 54.9 Å². The molecule has 0 saturated carbocycles. The van der Waals surface area contributed by atoms with E-state index < -0.39 is 16.1 Å². The van der Waals surface area contributed by atoms with Crippen LogP contribution >= 0.6 is 0 Å². The number of imidazole rings is 1. The maximum atomic E-state index is 5.78. The van der Waals surface area contributed by atoms with Gasteiger partial charge in [0.15, 0.2) is 16.1 Å². The van der Waals surface area contributed by atoms with Gasteiger partial charge in [0, 0.05) is 51.8 Å². The third-order valence-corrected chi connectivity index (χ3v) is 25.6. The third kappa shape index (κ3) is 6.23. The van der Waals surface area contributed by atoms with Crippen molar-refractivity contribution in [1.82, 2.24) is 18.9 Å². The molecule has 4 aromatic heterocycles. The predicted octanol–water partition coefficient (Wildman–Crippen LogP) is 10.7. The quantitative estimate of drug-likeness (QED) is 0.0865. The first-order valence-electron chi connectivity index (χ1n) is 25.7. The van der Waals surface area contributed by atoms with E-state index in [-0.39, 0.29) is 0 Å². The molecule has 0 amide bonds. The topological polar surface area (TPSA) is 38.4 Å². The minimum atomic E-state index is -3.12. The van der Waals surface area contributed by atoms with Crippen LogP contribution in [-0.4, -0.2) is 35.1 Å². The normalized spacial score (nSPS) is 13.1. The van der Waals surface area contributed by atoms with Crippen molar-refractivity contribution in [2.75, 3.05) is 4.90 Å². The lowest BCUT2D eigenvalue weighted by Crippen LogP contribution is -2.77. The molecule has 0 radical (unpaired) electrons.